The molecule has 3 heteroatoms. The summed E-state index contributed by atoms with van der Waals surface area (Å²) in [5, 5.41) is 3.48. The number of esters is 1. The average molecular weight is 253 g/mol. The van der Waals surface area contributed by atoms with Crippen molar-refractivity contribution < 1.29 is 9.53 Å². The fraction of sp³-hybridized carbons (Fsp3) is 0.933. The van der Waals surface area contributed by atoms with E-state index in [0.29, 0.717) is 12.5 Å². The molecule has 0 amide bonds. The Bertz CT molecular complexity index is 253. The van der Waals surface area contributed by atoms with Crippen LogP contribution in [-0.2, 0) is 9.53 Å². The lowest BCUT2D eigenvalue weighted by Crippen LogP contribution is -2.34. The van der Waals surface area contributed by atoms with E-state index in [0.717, 1.165) is 31.7 Å². The number of nitrogens with one attached hydrogen (secondary N) is 1. The third-order valence-electron chi connectivity index (χ3n) is 4.37. The van der Waals surface area contributed by atoms with Crippen LogP contribution in [0.4, 0.5) is 0 Å². The second-order valence-electron chi connectivity index (χ2n) is 6.06. The molecule has 1 unspecified atom stereocenters. The molecule has 18 heavy (non-hydrogen) atoms. The highest BCUT2D eigenvalue weighted by atomic mass is 16.5. The van der Waals surface area contributed by atoms with Crippen molar-refractivity contribution in [3.8, 4) is 0 Å². The van der Waals surface area contributed by atoms with Gasteiger partial charge in [-0.15, -0.1) is 0 Å². The molecule has 0 spiro atoms. The SMILES string of the molecule is CC1CCC(OC(=O)CCC2CCCCN2)CC1. The zero-order valence-corrected chi connectivity index (χ0v) is 11.6. The van der Waals surface area contributed by atoms with Crippen LogP contribution in [0.3, 0.4) is 0 Å². The second-order valence-corrected chi connectivity index (χ2v) is 6.06. The number of ether oxygens (including phenoxy) is 1. The van der Waals surface area contributed by atoms with Gasteiger partial charge in [0.2, 0.25) is 0 Å². The summed E-state index contributed by atoms with van der Waals surface area (Å²) >= 11 is 0. The molecule has 1 saturated heterocycles. The van der Waals surface area contributed by atoms with Gasteiger partial charge in [-0.3, -0.25) is 4.79 Å². The number of hydrogen-bond acceptors (Lipinski definition) is 3. The number of carbonyl (C=O) groups is 1. The smallest absolute Gasteiger partial charge is 0.306 e. The summed E-state index contributed by atoms with van der Waals surface area (Å²) in [6.07, 6.45) is 10.1. The van der Waals surface area contributed by atoms with Crippen molar-refractivity contribution in [1.29, 1.82) is 0 Å². The topological polar surface area (TPSA) is 38.3 Å². The number of hydrogen-bond donors (Lipinski definition) is 1. The first-order valence-corrected chi connectivity index (χ1v) is 7.67. The first-order valence-electron chi connectivity index (χ1n) is 7.67. The zero-order valence-electron chi connectivity index (χ0n) is 11.6. The highest BCUT2D eigenvalue weighted by molar-refractivity contribution is 5.69. The summed E-state index contributed by atoms with van der Waals surface area (Å²) in [6, 6.07) is 0.540. The Hall–Kier alpha value is -0.570. The van der Waals surface area contributed by atoms with Gasteiger partial charge in [0.15, 0.2) is 0 Å². The van der Waals surface area contributed by atoms with Crippen LogP contribution in [-0.4, -0.2) is 24.7 Å². The van der Waals surface area contributed by atoms with Gasteiger partial charge in [0.05, 0.1) is 0 Å². The molecular formula is C15H27NO2. The minimum atomic E-state index is 0.0157. The minimum absolute atomic E-state index is 0.0157. The van der Waals surface area contributed by atoms with E-state index in [1.165, 1.54) is 32.1 Å². The van der Waals surface area contributed by atoms with Crippen LogP contribution in [0.15, 0.2) is 0 Å². The fourth-order valence-corrected chi connectivity index (χ4v) is 3.05. The Morgan fingerprint density at radius 1 is 1.17 bits per heavy atom. The van der Waals surface area contributed by atoms with E-state index >= 15 is 0 Å². The van der Waals surface area contributed by atoms with Crippen LogP contribution < -0.4 is 5.32 Å². The van der Waals surface area contributed by atoms with Crippen LogP contribution in [0.2, 0.25) is 0 Å². The Labute approximate surface area is 111 Å². The highest BCUT2D eigenvalue weighted by Crippen LogP contribution is 2.26. The minimum Gasteiger partial charge on any atom is -0.462 e. The summed E-state index contributed by atoms with van der Waals surface area (Å²) in [5.41, 5.74) is 0. The first-order chi connectivity index (χ1) is 8.74. The molecule has 3 nitrogen and oxygen atoms in total. The molecule has 0 radical (unpaired) electrons. The van der Waals surface area contributed by atoms with E-state index in [9.17, 15) is 4.79 Å². The molecule has 2 fully saturated rings. The van der Waals surface area contributed by atoms with Gasteiger partial charge in [0, 0.05) is 12.5 Å². The molecule has 1 atom stereocenters. The molecule has 1 N–H and O–H groups in total. The van der Waals surface area contributed by atoms with Gasteiger partial charge >= 0.3 is 5.97 Å². The van der Waals surface area contributed by atoms with Crippen molar-refractivity contribution in [2.45, 2.75) is 76.9 Å². The largest absolute Gasteiger partial charge is 0.462 e. The standard InChI is InChI=1S/C15H27NO2/c1-12-5-8-14(9-6-12)18-15(17)10-7-13-4-2-3-11-16-13/h12-14,16H,2-11H2,1H3. The summed E-state index contributed by atoms with van der Waals surface area (Å²) < 4.78 is 5.56. The molecule has 2 aliphatic rings. The number of rotatable bonds is 4. The normalized spacial score (nSPS) is 33.1. The molecule has 0 aromatic rings. The summed E-state index contributed by atoms with van der Waals surface area (Å²) in [4.78, 5) is 11.8. The van der Waals surface area contributed by atoms with Gasteiger partial charge in [-0.05, 0) is 57.4 Å². The van der Waals surface area contributed by atoms with Crippen LogP contribution in [0.5, 0.6) is 0 Å². The van der Waals surface area contributed by atoms with Crippen molar-refractivity contribution in [3.05, 3.63) is 0 Å². The van der Waals surface area contributed by atoms with E-state index in [4.69, 9.17) is 4.74 Å². The Kier molecular flexibility index (Phi) is 5.48. The molecular weight excluding hydrogens is 226 g/mol. The molecule has 1 aliphatic heterocycles. The van der Waals surface area contributed by atoms with Crippen molar-refractivity contribution in [1.82, 2.24) is 5.32 Å². The van der Waals surface area contributed by atoms with Crippen LogP contribution in [0.1, 0.15) is 64.7 Å². The van der Waals surface area contributed by atoms with Crippen LogP contribution in [0.25, 0.3) is 0 Å². The quantitative estimate of drug-likeness (QED) is 0.783. The van der Waals surface area contributed by atoms with Crippen molar-refractivity contribution in [2.24, 2.45) is 5.92 Å². The third-order valence-corrected chi connectivity index (χ3v) is 4.37. The molecule has 1 saturated carbocycles. The lowest BCUT2D eigenvalue weighted by Gasteiger charge is -2.27. The van der Waals surface area contributed by atoms with Gasteiger partial charge in [0.1, 0.15) is 6.10 Å². The number of piperidine rings is 1. The molecule has 104 valence electrons. The summed E-state index contributed by atoms with van der Waals surface area (Å²) in [7, 11) is 0. The summed E-state index contributed by atoms with van der Waals surface area (Å²) in [5.74, 6) is 0.827. The van der Waals surface area contributed by atoms with Gasteiger partial charge in [0.25, 0.3) is 0 Å². The average Bonchev–Trinajstić information content (AvgIpc) is 2.40. The Morgan fingerprint density at radius 3 is 2.61 bits per heavy atom. The lowest BCUT2D eigenvalue weighted by atomic mass is 9.89. The van der Waals surface area contributed by atoms with E-state index < -0.39 is 0 Å². The monoisotopic (exact) mass is 253 g/mol. The van der Waals surface area contributed by atoms with Gasteiger partial charge in [-0.25, -0.2) is 0 Å². The van der Waals surface area contributed by atoms with E-state index in [2.05, 4.69) is 12.2 Å². The first kappa shape index (κ1) is 13.9. The molecule has 1 heterocycles. The Morgan fingerprint density at radius 2 is 1.94 bits per heavy atom. The van der Waals surface area contributed by atoms with E-state index in [-0.39, 0.29) is 12.1 Å². The fourth-order valence-electron chi connectivity index (χ4n) is 3.05. The predicted octanol–water partition coefficient (Wildman–Crippen LogP) is 3.03. The second kappa shape index (κ2) is 7.13. The van der Waals surface area contributed by atoms with Gasteiger partial charge in [-0.2, -0.15) is 0 Å². The molecule has 0 aromatic carbocycles. The van der Waals surface area contributed by atoms with Crippen molar-refractivity contribution >= 4 is 5.97 Å². The molecule has 0 bridgehead atoms. The van der Waals surface area contributed by atoms with E-state index in [1.54, 1.807) is 0 Å². The molecule has 1 aliphatic carbocycles. The maximum absolute atomic E-state index is 11.8. The summed E-state index contributed by atoms with van der Waals surface area (Å²) in [6.45, 7) is 3.40. The third kappa shape index (κ3) is 4.60. The highest BCUT2D eigenvalue weighted by Gasteiger charge is 2.22. The van der Waals surface area contributed by atoms with Crippen LogP contribution >= 0.6 is 0 Å². The maximum atomic E-state index is 11.8. The zero-order chi connectivity index (χ0) is 12.8. The van der Waals surface area contributed by atoms with Crippen molar-refractivity contribution in [2.75, 3.05) is 6.54 Å². The predicted molar refractivity (Wildman–Crippen MR) is 72.4 cm³/mol. The van der Waals surface area contributed by atoms with Crippen molar-refractivity contribution in [3.63, 3.8) is 0 Å². The van der Waals surface area contributed by atoms with E-state index in [1.807, 2.05) is 0 Å². The number of carbonyl (C=O) groups excluding carboxylic acids is 1. The lowest BCUT2D eigenvalue weighted by molar-refractivity contribution is -0.151. The molecule has 0 aromatic heterocycles. The maximum Gasteiger partial charge on any atom is 0.306 e. The molecule has 2 rings (SSSR count). The van der Waals surface area contributed by atoms with Gasteiger partial charge in [-0.1, -0.05) is 13.3 Å². The van der Waals surface area contributed by atoms with Crippen LogP contribution in [0, 0.1) is 5.92 Å². The van der Waals surface area contributed by atoms with Gasteiger partial charge < -0.3 is 10.1 Å². The Balaban J connectivity index is 1.59.